The molecule has 1 aliphatic heterocycles. The molecule has 0 bridgehead atoms. The van der Waals surface area contributed by atoms with E-state index in [9.17, 15) is 9.90 Å². The zero-order valence-corrected chi connectivity index (χ0v) is 14.6. The predicted octanol–water partition coefficient (Wildman–Crippen LogP) is 1.38. The maximum Gasteiger partial charge on any atom is 0.263 e. The third-order valence-electron chi connectivity index (χ3n) is 5.18. The first-order chi connectivity index (χ1) is 12.1. The molecule has 1 saturated carbocycles. The fourth-order valence-corrected chi connectivity index (χ4v) is 3.74. The molecule has 1 amide bonds. The van der Waals surface area contributed by atoms with Crippen molar-refractivity contribution < 1.29 is 14.6 Å². The molecule has 3 atom stereocenters. The minimum absolute atomic E-state index is 0.0176. The summed E-state index contributed by atoms with van der Waals surface area (Å²) in [6, 6.07) is 9.09. The summed E-state index contributed by atoms with van der Waals surface area (Å²) in [6.07, 6.45) is 2.24. The Balaban J connectivity index is 1.50. The lowest BCUT2D eigenvalue weighted by molar-refractivity contribution is -0.140. The molecule has 1 aliphatic carbocycles. The Hall–Kier alpha value is -2.10. The van der Waals surface area contributed by atoms with Crippen molar-refractivity contribution in [1.82, 2.24) is 9.80 Å². The van der Waals surface area contributed by atoms with Crippen molar-refractivity contribution in [2.24, 2.45) is 0 Å². The van der Waals surface area contributed by atoms with Gasteiger partial charge in [0, 0.05) is 32.2 Å². The van der Waals surface area contributed by atoms with Gasteiger partial charge in [-0.3, -0.25) is 9.69 Å². The zero-order valence-electron chi connectivity index (χ0n) is 14.6. The van der Waals surface area contributed by atoms with Crippen LogP contribution in [0.15, 0.2) is 24.3 Å². The number of nitrogens with zero attached hydrogens (tertiary/aromatic N) is 3. The lowest BCUT2D eigenvalue weighted by atomic mass is 10.1. The van der Waals surface area contributed by atoms with Crippen molar-refractivity contribution in [3.8, 4) is 11.8 Å². The van der Waals surface area contributed by atoms with E-state index < -0.39 is 6.10 Å². The molecule has 0 radical (unpaired) electrons. The number of amides is 1. The van der Waals surface area contributed by atoms with Crippen LogP contribution in [0.5, 0.6) is 5.75 Å². The topological polar surface area (TPSA) is 76.8 Å². The molecule has 3 rings (SSSR count). The summed E-state index contributed by atoms with van der Waals surface area (Å²) in [5, 5.41) is 18.9. The summed E-state index contributed by atoms with van der Waals surface area (Å²) in [7, 11) is 0. The standard InChI is InChI=1S/C19H25N3O3/c1-14(25-16-7-5-15(13-20)6-8-16)19(24)22-11-9-21(10-12-22)17-3-2-4-18(17)23/h5-8,14,17-18,23H,2-4,9-12H2,1H3. The number of carbonyl (C=O) groups excluding carboxylic acids is 1. The number of rotatable bonds is 4. The summed E-state index contributed by atoms with van der Waals surface area (Å²) in [5.41, 5.74) is 0.566. The average molecular weight is 343 g/mol. The summed E-state index contributed by atoms with van der Waals surface area (Å²) in [4.78, 5) is 16.8. The minimum Gasteiger partial charge on any atom is -0.481 e. The highest BCUT2D eigenvalue weighted by atomic mass is 16.5. The molecule has 3 unspecified atom stereocenters. The molecule has 2 aliphatic rings. The van der Waals surface area contributed by atoms with Crippen LogP contribution in [0.3, 0.4) is 0 Å². The number of ether oxygens (including phenoxy) is 1. The van der Waals surface area contributed by atoms with Gasteiger partial charge in [0.05, 0.1) is 17.7 Å². The van der Waals surface area contributed by atoms with Crippen molar-refractivity contribution in [2.45, 2.75) is 44.4 Å². The van der Waals surface area contributed by atoms with Gasteiger partial charge in [-0.05, 0) is 50.5 Å². The Morgan fingerprint density at radius 2 is 1.92 bits per heavy atom. The Morgan fingerprint density at radius 1 is 1.24 bits per heavy atom. The van der Waals surface area contributed by atoms with Crippen LogP contribution in [-0.4, -0.2) is 65.2 Å². The number of carbonyl (C=O) groups is 1. The highest BCUT2D eigenvalue weighted by Crippen LogP contribution is 2.25. The van der Waals surface area contributed by atoms with Crippen molar-refractivity contribution in [3.63, 3.8) is 0 Å². The largest absolute Gasteiger partial charge is 0.481 e. The molecule has 1 aromatic carbocycles. The lowest BCUT2D eigenvalue weighted by Gasteiger charge is -2.39. The fourth-order valence-electron chi connectivity index (χ4n) is 3.74. The van der Waals surface area contributed by atoms with Gasteiger partial charge in [0.1, 0.15) is 5.75 Å². The third kappa shape index (κ3) is 4.12. The molecule has 25 heavy (non-hydrogen) atoms. The molecule has 0 aromatic heterocycles. The summed E-state index contributed by atoms with van der Waals surface area (Å²) >= 11 is 0. The van der Waals surface area contributed by atoms with Gasteiger partial charge in [0.25, 0.3) is 5.91 Å². The zero-order chi connectivity index (χ0) is 17.8. The van der Waals surface area contributed by atoms with Crippen LogP contribution >= 0.6 is 0 Å². The van der Waals surface area contributed by atoms with Gasteiger partial charge < -0.3 is 14.7 Å². The Bertz CT molecular complexity index is 632. The first-order valence-electron chi connectivity index (χ1n) is 8.96. The van der Waals surface area contributed by atoms with Crippen molar-refractivity contribution in [2.75, 3.05) is 26.2 Å². The van der Waals surface area contributed by atoms with Crippen LogP contribution in [0.1, 0.15) is 31.7 Å². The maximum absolute atomic E-state index is 12.6. The van der Waals surface area contributed by atoms with E-state index in [1.54, 1.807) is 31.2 Å². The van der Waals surface area contributed by atoms with E-state index in [1.165, 1.54) is 0 Å². The Morgan fingerprint density at radius 3 is 2.48 bits per heavy atom. The number of hydrogen-bond acceptors (Lipinski definition) is 5. The smallest absolute Gasteiger partial charge is 0.263 e. The SMILES string of the molecule is CC(Oc1ccc(C#N)cc1)C(=O)N1CCN(C2CCCC2O)CC1. The normalized spacial score (nSPS) is 25.4. The lowest BCUT2D eigenvalue weighted by Crippen LogP contribution is -2.55. The van der Waals surface area contributed by atoms with Crippen LogP contribution in [0.4, 0.5) is 0 Å². The molecule has 6 heteroatoms. The number of hydrogen-bond donors (Lipinski definition) is 1. The molecule has 1 heterocycles. The second-order valence-corrected chi connectivity index (χ2v) is 6.82. The third-order valence-corrected chi connectivity index (χ3v) is 5.18. The van der Waals surface area contributed by atoms with Gasteiger partial charge in [0.2, 0.25) is 0 Å². The predicted molar refractivity (Wildman–Crippen MR) is 93.0 cm³/mol. The summed E-state index contributed by atoms with van der Waals surface area (Å²) in [6.45, 7) is 4.70. The molecule has 1 N–H and O–H groups in total. The van der Waals surface area contributed by atoms with Gasteiger partial charge in [-0.1, -0.05) is 0 Å². The summed E-state index contributed by atoms with van der Waals surface area (Å²) < 4.78 is 5.72. The maximum atomic E-state index is 12.6. The molecule has 2 fully saturated rings. The molecule has 134 valence electrons. The molecule has 1 aromatic rings. The minimum atomic E-state index is -0.559. The van der Waals surface area contributed by atoms with E-state index in [0.29, 0.717) is 24.4 Å². The number of piperazine rings is 1. The molecular weight excluding hydrogens is 318 g/mol. The fraction of sp³-hybridized carbons (Fsp3) is 0.579. The highest BCUT2D eigenvalue weighted by molar-refractivity contribution is 5.81. The average Bonchev–Trinajstić information content (AvgIpc) is 3.08. The first kappa shape index (κ1) is 17.7. The van der Waals surface area contributed by atoms with E-state index in [0.717, 1.165) is 32.4 Å². The van der Waals surface area contributed by atoms with Gasteiger partial charge >= 0.3 is 0 Å². The number of aliphatic hydroxyl groups is 1. The molecule has 1 saturated heterocycles. The number of aliphatic hydroxyl groups excluding tert-OH is 1. The first-order valence-corrected chi connectivity index (χ1v) is 8.96. The van der Waals surface area contributed by atoms with E-state index >= 15 is 0 Å². The second-order valence-electron chi connectivity index (χ2n) is 6.82. The summed E-state index contributed by atoms with van der Waals surface area (Å²) in [5.74, 6) is 0.573. The van der Waals surface area contributed by atoms with Gasteiger partial charge in [-0.25, -0.2) is 0 Å². The van der Waals surface area contributed by atoms with Crippen LogP contribution in [0, 0.1) is 11.3 Å². The number of benzene rings is 1. The molecular formula is C19H25N3O3. The van der Waals surface area contributed by atoms with Crippen molar-refractivity contribution in [1.29, 1.82) is 5.26 Å². The van der Waals surface area contributed by atoms with Crippen LogP contribution in [0.25, 0.3) is 0 Å². The van der Waals surface area contributed by atoms with Crippen LogP contribution in [-0.2, 0) is 4.79 Å². The van der Waals surface area contributed by atoms with Gasteiger partial charge in [-0.15, -0.1) is 0 Å². The van der Waals surface area contributed by atoms with Crippen molar-refractivity contribution in [3.05, 3.63) is 29.8 Å². The van der Waals surface area contributed by atoms with Gasteiger partial charge in [-0.2, -0.15) is 5.26 Å². The van der Waals surface area contributed by atoms with Crippen LogP contribution < -0.4 is 4.74 Å². The monoisotopic (exact) mass is 343 g/mol. The molecule has 6 nitrogen and oxygen atoms in total. The number of nitriles is 1. The Labute approximate surface area is 148 Å². The van der Waals surface area contributed by atoms with E-state index in [1.807, 2.05) is 4.90 Å². The van der Waals surface area contributed by atoms with Crippen LogP contribution in [0.2, 0.25) is 0 Å². The quantitative estimate of drug-likeness (QED) is 0.894. The van der Waals surface area contributed by atoms with Gasteiger partial charge in [0.15, 0.2) is 6.10 Å². The Kier molecular flexibility index (Phi) is 5.57. The van der Waals surface area contributed by atoms with E-state index in [-0.39, 0.29) is 18.1 Å². The van der Waals surface area contributed by atoms with E-state index in [2.05, 4.69) is 11.0 Å². The van der Waals surface area contributed by atoms with Crippen molar-refractivity contribution >= 4 is 5.91 Å². The van der Waals surface area contributed by atoms with E-state index in [4.69, 9.17) is 10.00 Å². The second kappa shape index (κ2) is 7.85. The molecule has 0 spiro atoms. The highest BCUT2D eigenvalue weighted by Gasteiger charge is 2.34.